The molecule has 8 heteroatoms. The summed E-state index contributed by atoms with van der Waals surface area (Å²) in [5.74, 6) is -0.0718. The number of furan rings is 1. The number of hydrogen-bond donors (Lipinski definition) is 2. The fourth-order valence-electron chi connectivity index (χ4n) is 1.93. The van der Waals surface area contributed by atoms with Crippen LogP contribution in [0, 0.1) is 0 Å². The number of nitrogens with one attached hydrogen (secondary N) is 2. The third-order valence-corrected chi connectivity index (χ3v) is 4.47. The molecule has 7 nitrogen and oxygen atoms in total. The number of benzene rings is 1. The van der Waals surface area contributed by atoms with Crippen molar-refractivity contribution in [2.45, 2.75) is 31.4 Å². The fraction of sp³-hybridized carbons (Fsp3) is 0.312. The van der Waals surface area contributed by atoms with Gasteiger partial charge in [-0.2, -0.15) is 0 Å². The molecule has 0 unspecified atom stereocenters. The lowest BCUT2D eigenvalue weighted by molar-refractivity contribution is 0.0991. The van der Waals surface area contributed by atoms with Crippen molar-refractivity contribution in [1.82, 2.24) is 4.72 Å². The summed E-state index contributed by atoms with van der Waals surface area (Å²) in [5, 5.41) is 2.31. The third-order valence-electron chi connectivity index (χ3n) is 2.84. The van der Waals surface area contributed by atoms with Crippen LogP contribution in [0.3, 0.4) is 0 Å². The van der Waals surface area contributed by atoms with Gasteiger partial charge >= 0.3 is 0 Å². The number of rotatable bonds is 5. The van der Waals surface area contributed by atoms with Gasteiger partial charge in [0.25, 0.3) is 15.9 Å². The smallest absolute Gasteiger partial charge is 0.291 e. The molecule has 0 aliphatic heterocycles. The maximum Gasteiger partial charge on any atom is 0.291 e. The van der Waals surface area contributed by atoms with Gasteiger partial charge in [-0.3, -0.25) is 4.79 Å². The van der Waals surface area contributed by atoms with Crippen LogP contribution in [0.4, 0.5) is 5.69 Å². The Balaban J connectivity index is 2.16. The zero-order chi connectivity index (χ0) is 18.0. The van der Waals surface area contributed by atoms with E-state index in [1.807, 2.05) is 0 Å². The maximum atomic E-state index is 12.2. The number of carbonyl (C=O) groups excluding carboxylic acids is 1. The summed E-state index contributed by atoms with van der Waals surface area (Å²) in [6.45, 7) is 5.14. The van der Waals surface area contributed by atoms with Crippen LogP contribution in [-0.2, 0) is 10.0 Å². The molecule has 0 saturated carbocycles. The Labute approximate surface area is 141 Å². The molecule has 1 aromatic heterocycles. The van der Waals surface area contributed by atoms with Gasteiger partial charge in [-0.15, -0.1) is 0 Å². The molecule has 24 heavy (non-hydrogen) atoms. The second-order valence-corrected chi connectivity index (χ2v) is 7.77. The highest BCUT2D eigenvalue weighted by atomic mass is 32.2. The van der Waals surface area contributed by atoms with Gasteiger partial charge in [0.2, 0.25) is 5.09 Å². The quantitative estimate of drug-likeness (QED) is 0.862. The lowest BCUT2D eigenvalue weighted by atomic mass is 10.1. The number of sulfonamides is 1. The van der Waals surface area contributed by atoms with E-state index < -0.39 is 21.5 Å². The Kier molecular flexibility index (Phi) is 5.00. The molecule has 0 saturated heterocycles. The van der Waals surface area contributed by atoms with Crippen LogP contribution in [0.15, 0.2) is 45.9 Å². The van der Waals surface area contributed by atoms with E-state index in [4.69, 9.17) is 9.15 Å². The van der Waals surface area contributed by atoms with Crippen molar-refractivity contribution < 1.29 is 22.4 Å². The molecule has 130 valence electrons. The number of ether oxygens (including phenoxy) is 1. The van der Waals surface area contributed by atoms with Gasteiger partial charge < -0.3 is 14.5 Å². The summed E-state index contributed by atoms with van der Waals surface area (Å²) in [5.41, 5.74) is -0.151. The van der Waals surface area contributed by atoms with E-state index >= 15 is 0 Å². The first-order valence-corrected chi connectivity index (χ1v) is 8.68. The van der Waals surface area contributed by atoms with E-state index in [0.717, 1.165) is 0 Å². The number of hydrogen-bond acceptors (Lipinski definition) is 5. The van der Waals surface area contributed by atoms with Crippen molar-refractivity contribution in [2.75, 3.05) is 12.4 Å². The molecular weight excluding hydrogens is 332 g/mol. The summed E-state index contributed by atoms with van der Waals surface area (Å²) in [6, 6.07) is 9.34. The van der Waals surface area contributed by atoms with Crippen molar-refractivity contribution in [3.05, 3.63) is 42.2 Å². The largest absolute Gasteiger partial charge is 0.497 e. The fourth-order valence-corrected chi connectivity index (χ4v) is 3.29. The van der Waals surface area contributed by atoms with E-state index in [-0.39, 0.29) is 10.9 Å². The Hall–Kier alpha value is -2.32. The molecule has 1 amide bonds. The minimum absolute atomic E-state index is 0.105. The molecule has 0 fully saturated rings. The predicted octanol–water partition coefficient (Wildman–Crippen LogP) is 2.62. The summed E-state index contributed by atoms with van der Waals surface area (Å²) in [4.78, 5) is 12.2. The van der Waals surface area contributed by atoms with E-state index in [2.05, 4.69) is 10.0 Å². The topological polar surface area (TPSA) is 97.6 Å². The molecule has 2 rings (SSSR count). The van der Waals surface area contributed by atoms with Crippen LogP contribution in [0.5, 0.6) is 5.75 Å². The van der Waals surface area contributed by atoms with Gasteiger partial charge in [-0.25, -0.2) is 13.1 Å². The number of carbonyl (C=O) groups is 1. The average Bonchev–Trinajstić information content (AvgIpc) is 2.95. The van der Waals surface area contributed by atoms with Gasteiger partial charge in [-0.05, 0) is 45.0 Å². The minimum Gasteiger partial charge on any atom is -0.497 e. The van der Waals surface area contributed by atoms with Crippen molar-refractivity contribution in [1.29, 1.82) is 0 Å². The molecule has 2 aromatic rings. The zero-order valence-corrected chi connectivity index (χ0v) is 14.7. The van der Waals surface area contributed by atoms with Gasteiger partial charge in [0.1, 0.15) is 5.75 Å². The number of amides is 1. The molecule has 0 aliphatic carbocycles. The van der Waals surface area contributed by atoms with Gasteiger partial charge in [0.15, 0.2) is 5.76 Å². The molecule has 2 N–H and O–H groups in total. The molecule has 1 heterocycles. The summed E-state index contributed by atoms with van der Waals surface area (Å²) < 4.78 is 37.1. The molecule has 0 aliphatic rings. The van der Waals surface area contributed by atoms with Crippen LogP contribution in [0.25, 0.3) is 0 Å². The average molecular weight is 352 g/mol. The first kappa shape index (κ1) is 18.0. The molecule has 1 aromatic carbocycles. The van der Waals surface area contributed by atoms with Gasteiger partial charge in [0.05, 0.1) is 7.11 Å². The third kappa shape index (κ3) is 4.59. The molecule has 0 bridgehead atoms. The van der Waals surface area contributed by atoms with Crippen LogP contribution in [-0.4, -0.2) is 27.0 Å². The highest BCUT2D eigenvalue weighted by Gasteiger charge is 2.26. The van der Waals surface area contributed by atoms with Crippen LogP contribution < -0.4 is 14.8 Å². The lowest BCUT2D eigenvalue weighted by Crippen LogP contribution is -2.40. The van der Waals surface area contributed by atoms with Gasteiger partial charge in [0, 0.05) is 17.3 Å². The highest BCUT2D eigenvalue weighted by Crippen LogP contribution is 2.20. The molecule has 0 spiro atoms. The normalized spacial score (nSPS) is 12.0. The molecule has 0 atom stereocenters. The van der Waals surface area contributed by atoms with E-state index in [1.165, 1.54) is 19.2 Å². The Morgan fingerprint density at radius 3 is 2.50 bits per heavy atom. The Bertz CT molecular complexity index is 834. The number of anilines is 1. The summed E-state index contributed by atoms with van der Waals surface area (Å²) in [7, 11) is -2.31. The van der Waals surface area contributed by atoms with E-state index in [0.29, 0.717) is 11.4 Å². The zero-order valence-electron chi connectivity index (χ0n) is 13.9. The summed E-state index contributed by atoms with van der Waals surface area (Å²) in [6.07, 6.45) is 0. The van der Waals surface area contributed by atoms with E-state index in [1.54, 1.807) is 45.0 Å². The monoisotopic (exact) mass is 352 g/mol. The Morgan fingerprint density at radius 1 is 1.17 bits per heavy atom. The SMILES string of the molecule is COc1cccc(NC(=O)c2ccc(S(=O)(=O)NC(C)(C)C)o2)c1. The first-order valence-electron chi connectivity index (χ1n) is 7.20. The van der Waals surface area contributed by atoms with Crippen molar-refractivity contribution >= 4 is 21.6 Å². The van der Waals surface area contributed by atoms with Crippen molar-refractivity contribution in [2.24, 2.45) is 0 Å². The molecular formula is C16H20N2O5S. The predicted molar refractivity (Wildman–Crippen MR) is 89.7 cm³/mol. The van der Waals surface area contributed by atoms with Crippen LogP contribution in [0.2, 0.25) is 0 Å². The number of methoxy groups -OCH3 is 1. The van der Waals surface area contributed by atoms with E-state index in [9.17, 15) is 13.2 Å². The van der Waals surface area contributed by atoms with Crippen molar-refractivity contribution in [3.63, 3.8) is 0 Å². The second-order valence-electron chi connectivity index (χ2n) is 6.16. The first-order chi connectivity index (χ1) is 11.1. The van der Waals surface area contributed by atoms with Crippen LogP contribution in [0.1, 0.15) is 31.3 Å². The standard InChI is InChI=1S/C16H20N2O5S/c1-16(2,3)18-24(20,21)14-9-8-13(23-14)15(19)17-11-6-5-7-12(10-11)22-4/h5-10,18H,1-4H3,(H,17,19). The van der Waals surface area contributed by atoms with Crippen molar-refractivity contribution in [3.8, 4) is 5.75 Å². The van der Waals surface area contributed by atoms with Gasteiger partial charge in [-0.1, -0.05) is 6.07 Å². The molecule has 0 radical (unpaired) electrons. The maximum absolute atomic E-state index is 12.2. The summed E-state index contributed by atoms with van der Waals surface area (Å²) >= 11 is 0. The lowest BCUT2D eigenvalue weighted by Gasteiger charge is -2.18. The Morgan fingerprint density at radius 2 is 1.88 bits per heavy atom. The minimum atomic E-state index is -3.83. The second kappa shape index (κ2) is 6.66. The highest BCUT2D eigenvalue weighted by molar-refractivity contribution is 7.89. The van der Waals surface area contributed by atoms with Crippen LogP contribution >= 0.6 is 0 Å².